The number of amides is 1. The molecule has 1 atom stereocenters. The van der Waals surface area contributed by atoms with Crippen molar-refractivity contribution in [2.24, 2.45) is 0 Å². The molecule has 1 N–H and O–H groups in total. The van der Waals surface area contributed by atoms with Crippen molar-refractivity contribution in [3.63, 3.8) is 0 Å². The summed E-state index contributed by atoms with van der Waals surface area (Å²) in [7, 11) is 1.61. The van der Waals surface area contributed by atoms with Gasteiger partial charge in [-0.2, -0.15) is 0 Å². The molecular formula is C21H25NO5. The Bertz CT molecular complexity index is 743. The second-order valence-corrected chi connectivity index (χ2v) is 6.27. The Balaban J connectivity index is 1.61. The van der Waals surface area contributed by atoms with Gasteiger partial charge in [0, 0.05) is 25.5 Å². The van der Waals surface area contributed by atoms with E-state index in [4.69, 9.17) is 18.9 Å². The fourth-order valence-electron chi connectivity index (χ4n) is 2.84. The molecule has 6 nitrogen and oxygen atoms in total. The fourth-order valence-corrected chi connectivity index (χ4v) is 2.84. The Hall–Kier alpha value is -2.57. The van der Waals surface area contributed by atoms with E-state index < -0.39 is 0 Å². The second-order valence-electron chi connectivity index (χ2n) is 6.27. The molecule has 1 heterocycles. The van der Waals surface area contributed by atoms with Crippen LogP contribution >= 0.6 is 0 Å². The van der Waals surface area contributed by atoms with Crippen molar-refractivity contribution in [1.29, 1.82) is 0 Å². The average Bonchev–Trinajstić information content (AvgIpc) is 3.21. The summed E-state index contributed by atoms with van der Waals surface area (Å²) in [4.78, 5) is 12.7. The van der Waals surface area contributed by atoms with E-state index in [1.54, 1.807) is 31.4 Å². The minimum atomic E-state index is -0.237. The lowest BCUT2D eigenvalue weighted by atomic mass is 10.2. The SMILES string of the molecule is COCCOc1ccccc1C(=O)Nc1cccc(OC[C@@H]2CCCO2)c1. The van der Waals surface area contributed by atoms with Crippen molar-refractivity contribution in [2.45, 2.75) is 18.9 Å². The van der Waals surface area contributed by atoms with Crippen LogP contribution in [0.4, 0.5) is 5.69 Å². The molecule has 6 heteroatoms. The number of nitrogens with one attached hydrogen (secondary N) is 1. The van der Waals surface area contributed by atoms with Crippen LogP contribution in [0.3, 0.4) is 0 Å². The lowest BCUT2D eigenvalue weighted by molar-refractivity contribution is 0.0680. The van der Waals surface area contributed by atoms with Crippen molar-refractivity contribution in [3.05, 3.63) is 54.1 Å². The van der Waals surface area contributed by atoms with Crippen LogP contribution in [0.15, 0.2) is 48.5 Å². The summed E-state index contributed by atoms with van der Waals surface area (Å²) < 4.78 is 22.0. The van der Waals surface area contributed by atoms with Crippen molar-refractivity contribution < 1.29 is 23.7 Å². The quantitative estimate of drug-likeness (QED) is 0.683. The number of carbonyl (C=O) groups excluding carboxylic acids is 1. The summed E-state index contributed by atoms with van der Waals surface area (Å²) in [6.07, 6.45) is 2.26. The second kappa shape index (κ2) is 9.94. The van der Waals surface area contributed by atoms with Gasteiger partial charge in [-0.05, 0) is 37.1 Å². The molecule has 1 amide bonds. The van der Waals surface area contributed by atoms with Gasteiger partial charge in [-0.25, -0.2) is 0 Å². The highest BCUT2D eigenvalue weighted by molar-refractivity contribution is 6.06. The van der Waals surface area contributed by atoms with Crippen LogP contribution < -0.4 is 14.8 Å². The highest BCUT2D eigenvalue weighted by atomic mass is 16.5. The molecule has 2 aromatic rings. The predicted octanol–water partition coefficient (Wildman–Crippen LogP) is 3.52. The molecule has 3 rings (SSSR count). The van der Waals surface area contributed by atoms with Gasteiger partial charge in [-0.3, -0.25) is 4.79 Å². The zero-order valence-corrected chi connectivity index (χ0v) is 15.5. The van der Waals surface area contributed by atoms with Gasteiger partial charge in [0.25, 0.3) is 5.91 Å². The Morgan fingerprint density at radius 1 is 1.15 bits per heavy atom. The first-order valence-electron chi connectivity index (χ1n) is 9.13. The normalized spacial score (nSPS) is 16.1. The Kier molecular flexibility index (Phi) is 7.07. The summed E-state index contributed by atoms with van der Waals surface area (Å²) in [5, 5.41) is 2.90. The number of anilines is 1. The summed E-state index contributed by atoms with van der Waals surface area (Å²) in [6.45, 7) is 2.16. The molecule has 0 unspecified atom stereocenters. The van der Waals surface area contributed by atoms with E-state index in [1.165, 1.54) is 0 Å². The van der Waals surface area contributed by atoms with E-state index in [0.29, 0.717) is 42.6 Å². The minimum Gasteiger partial charge on any atom is -0.491 e. The number of carbonyl (C=O) groups is 1. The van der Waals surface area contributed by atoms with Gasteiger partial charge in [0.05, 0.1) is 18.3 Å². The largest absolute Gasteiger partial charge is 0.491 e. The molecule has 0 bridgehead atoms. The van der Waals surface area contributed by atoms with Crippen molar-refractivity contribution in [2.75, 3.05) is 38.9 Å². The fraction of sp³-hybridized carbons (Fsp3) is 0.381. The van der Waals surface area contributed by atoms with E-state index in [0.717, 1.165) is 19.4 Å². The summed E-state index contributed by atoms with van der Waals surface area (Å²) in [5.41, 5.74) is 1.14. The zero-order chi connectivity index (χ0) is 18.9. The van der Waals surface area contributed by atoms with Crippen molar-refractivity contribution in [1.82, 2.24) is 0 Å². The van der Waals surface area contributed by atoms with Crippen molar-refractivity contribution >= 4 is 11.6 Å². The monoisotopic (exact) mass is 371 g/mol. The maximum Gasteiger partial charge on any atom is 0.259 e. The molecule has 0 aromatic heterocycles. The van der Waals surface area contributed by atoms with Gasteiger partial charge in [-0.15, -0.1) is 0 Å². The first kappa shape index (κ1) is 19.2. The molecule has 1 saturated heterocycles. The van der Waals surface area contributed by atoms with Gasteiger partial charge >= 0.3 is 0 Å². The van der Waals surface area contributed by atoms with E-state index in [-0.39, 0.29) is 12.0 Å². The summed E-state index contributed by atoms with van der Waals surface area (Å²) in [6, 6.07) is 14.5. The first-order valence-corrected chi connectivity index (χ1v) is 9.13. The molecule has 0 aliphatic carbocycles. The Labute approximate surface area is 159 Å². The number of para-hydroxylation sites is 1. The third kappa shape index (κ3) is 5.70. The third-order valence-corrected chi connectivity index (χ3v) is 4.23. The van der Waals surface area contributed by atoms with Crippen LogP contribution in [0.5, 0.6) is 11.5 Å². The molecule has 0 radical (unpaired) electrons. The Morgan fingerprint density at radius 2 is 2.04 bits per heavy atom. The third-order valence-electron chi connectivity index (χ3n) is 4.23. The number of hydrogen-bond acceptors (Lipinski definition) is 5. The van der Waals surface area contributed by atoms with Gasteiger partial charge in [0.1, 0.15) is 24.7 Å². The summed E-state index contributed by atoms with van der Waals surface area (Å²) >= 11 is 0. The predicted molar refractivity (Wildman–Crippen MR) is 103 cm³/mol. The molecule has 27 heavy (non-hydrogen) atoms. The highest BCUT2D eigenvalue weighted by Crippen LogP contribution is 2.23. The van der Waals surface area contributed by atoms with Crippen LogP contribution in [-0.2, 0) is 9.47 Å². The maximum absolute atomic E-state index is 12.7. The van der Waals surface area contributed by atoms with E-state index >= 15 is 0 Å². The van der Waals surface area contributed by atoms with Crippen LogP contribution in [0.25, 0.3) is 0 Å². The lowest BCUT2D eigenvalue weighted by Gasteiger charge is -2.13. The molecule has 1 aliphatic heterocycles. The number of rotatable bonds is 9. The molecule has 1 fully saturated rings. The van der Waals surface area contributed by atoms with E-state index in [9.17, 15) is 4.79 Å². The van der Waals surface area contributed by atoms with Gasteiger partial charge in [0.15, 0.2) is 0 Å². The number of hydrogen-bond donors (Lipinski definition) is 1. The maximum atomic E-state index is 12.7. The molecule has 1 aliphatic rings. The molecule has 144 valence electrons. The topological polar surface area (TPSA) is 66.0 Å². The first-order chi connectivity index (χ1) is 13.3. The number of ether oxygens (including phenoxy) is 4. The van der Waals surface area contributed by atoms with Crippen LogP contribution in [0, 0.1) is 0 Å². The highest BCUT2D eigenvalue weighted by Gasteiger charge is 2.16. The van der Waals surface area contributed by atoms with Crippen LogP contribution in [-0.4, -0.2) is 45.5 Å². The minimum absolute atomic E-state index is 0.152. The average molecular weight is 371 g/mol. The molecule has 0 saturated carbocycles. The smallest absolute Gasteiger partial charge is 0.259 e. The molecule has 0 spiro atoms. The lowest BCUT2D eigenvalue weighted by Crippen LogP contribution is -2.17. The van der Waals surface area contributed by atoms with Gasteiger partial charge in [0.2, 0.25) is 0 Å². The van der Waals surface area contributed by atoms with Gasteiger partial charge in [-0.1, -0.05) is 18.2 Å². The van der Waals surface area contributed by atoms with Gasteiger partial charge < -0.3 is 24.3 Å². The summed E-state index contributed by atoms with van der Waals surface area (Å²) in [5.74, 6) is 0.991. The van der Waals surface area contributed by atoms with Crippen LogP contribution in [0.2, 0.25) is 0 Å². The van der Waals surface area contributed by atoms with E-state index in [2.05, 4.69) is 5.32 Å². The standard InChI is InChI=1S/C21H25NO5/c1-24-12-13-26-20-10-3-2-9-19(20)21(23)22-16-6-4-7-17(14-16)27-15-18-8-5-11-25-18/h2-4,6-7,9-10,14,18H,5,8,11-13,15H2,1H3,(H,22,23)/t18-/m0/s1. The zero-order valence-electron chi connectivity index (χ0n) is 15.5. The van der Waals surface area contributed by atoms with Crippen LogP contribution in [0.1, 0.15) is 23.2 Å². The van der Waals surface area contributed by atoms with E-state index in [1.807, 2.05) is 24.3 Å². The number of benzene rings is 2. The molecule has 2 aromatic carbocycles. The number of methoxy groups -OCH3 is 1. The Morgan fingerprint density at radius 3 is 2.85 bits per heavy atom. The van der Waals surface area contributed by atoms with Crippen molar-refractivity contribution in [3.8, 4) is 11.5 Å². The molecular weight excluding hydrogens is 346 g/mol.